The van der Waals surface area contributed by atoms with Crippen LogP contribution in [0, 0.1) is 11.3 Å². The minimum atomic E-state index is -0.391. The van der Waals surface area contributed by atoms with Crippen molar-refractivity contribution in [3.05, 3.63) is 0 Å². The lowest BCUT2D eigenvalue weighted by molar-refractivity contribution is 0.149. The average molecular weight is 269 g/mol. The molecule has 1 unspecified atom stereocenters. The van der Waals surface area contributed by atoms with Gasteiger partial charge in [0.05, 0.1) is 12.7 Å². The highest BCUT2D eigenvalue weighted by molar-refractivity contribution is 5.04. The molecule has 0 bridgehead atoms. The number of nitriles is 1. The van der Waals surface area contributed by atoms with Gasteiger partial charge in [-0.2, -0.15) is 5.26 Å². The predicted molar refractivity (Wildman–Crippen MR) is 80.1 cm³/mol. The van der Waals surface area contributed by atoms with Crippen molar-refractivity contribution in [1.29, 1.82) is 5.26 Å². The summed E-state index contributed by atoms with van der Waals surface area (Å²) in [5, 5.41) is 12.6. The van der Waals surface area contributed by atoms with Crippen LogP contribution in [0.25, 0.3) is 0 Å². The zero-order valence-electron chi connectivity index (χ0n) is 13.3. The van der Waals surface area contributed by atoms with Gasteiger partial charge in [0, 0.05) is 19.7 Å². The molecule has 4 heteroatoms. The van der Waals surface area contributed by atoms with Gasteiger partial charge >= 0.3 is 0 Å². The van der Waals surface area contributed by atoms with Gasteiger partial charge < -0.3 is 9.64 Å². The average Bonchev–Trinajstić information content (AvgIpc) is 2.37. The monoisotopic (exact) mass is 269 g/mol. The van der Waals surface area contributed by atoms with E-state index >= 15 is 0 Å². The fourth-order valence-electron chi connectivity index (χ4n) is 2.26. The smallest absolute Gasteiger partial charge is 0.104 e. The number of ether oxygens (including phenoxy) is 1. The fraction of sp³-hybridized carbons (Fsp3) is 0.933. The molecular weight excluding hydrogens is 238 g/mol. The molecule has 0 spiro atoms. The summed E-state index contributed by atoms with van der Waals surface area (Å²) in [6, 6.07) is 2.75. The Morgan fingerprint density at radius 3 is 2.47 bits per heavy atom. The molecule has 0 saturated carbocycles. The highest BCUT2D eigenvalue weighted by atomic mass is 16.5. The SMILES string of the molecule is CCN(CCCCC(C)(C#N)NC(C)C)CCOC. The molecule has 0 aromatic heterocycles. The summed E-state index contributed by atoms with van der Waals surface area (Å²) in [6.07, 6.45) is 3.12. The van der Waals surface area contributed by atoms with Gasteiger partial charge in [0.15, 0.2) is 0 Å². The molecule has 4 nitrogen and oxygen atoms in total. The van der Waals surface area contributed by atoms with Gasteiger partial charge in [0.25, 0.3) is 0 Å². The molecule has 0 fully saturated rings. The van der Waals surface area contributed by atoms with Crippen LogP contribution in [-0.2, 0) is 4.74 Å². The summed E-state index contributed by atoms with van der Waals surface area (Å²) < 4.78 is 5.10. The van der Waals surface area contributed by atoms with Crippen molar-refractivity contribution in [1.82, 2.24) is 10.2 Å². The number of hydrogen-bond acceptors (Lipinski definition) is 4. The van der Waals surface area contributed by atoms with Crippen molar-refractivity contribution in [2.24, 2.45) is 0 Å². The molecule has 112 valence electrons. The fourth-order valence-corrected chi connectivity index (χ4v) is 2.26. The van der Waals surface area contributed by atoms with Crippen molar-refractivity contribution < 1.29 is 4.74 Å². The molecule has 0 aliphatic carbocycles. The van der Waals surface area contributed by atoms with Crippen LogP contribution >= 0.6 is 0 Å². The standard InChI is InChI=1S/C15H31N3O/c1-6-18(11-12-19-5)10-8-7-9-15(4,13-16)17-14(2)3/h14,17H,6-12H2,1-5H3. The van der Waals surface area contributed by atoms with Gasteiger partial charge in [-0.25, -0.2) is 0 Å². The van der Waals surface area contributed by atoms with E-state index in [2.05, 4.69) is 37.1 Å². The van der Waals surface area contributed by atoms with Crippen LogP contribution in [0.1, 0.15) is 47.0 Å². The van der Waals surface area contributed by atoms with Crippen LogP contribution in [0.3, 0.4) is 0 Å². The van der Waals surface area contributed by atoms with Crippen molar-refractivity contribution in [2.45, 2.75) is 58.5 Å². The molecule has 19 heavy (non-hydrogen) atoms. The number of nitrogens with zero attached hydrogens (tertiary/aromatic N) is 2. The van der Waals surface area contributed by atoms with E-state index < -0.39 is 5.54 Å². The Balaban J connectivity index is 3.90. The Bertz CT molecular complexity index is 263. The number of methoxy groups -OCH3 is 1. The first-order valence-corrected chi connectivity index (χ1v) is 7.37. The maximum absolute atomic E-state index is 9.27. The van der Waals surface area contributed by atoms with E-state index in [0.29, 0.717) is 6.04 Å². The normalized spacial score (nSPS) is 14.6. The minimum Gasteiger partial charge on any atom is -0.383 e. The molecule has 0 saturated heterocycles. The highest BCUT2D eigenvalue weighted by Gasteiger charge is 2.23. The summed E-state index contributed by atoms with van der Waals surface area (Å²) >= 11 is 0. The van der Waals surface area contributed by atoms with Crippen molar-refractivity contribution in [3.8, 4) is 6.07 Å². The number of nitrogens with one attached hydrogen (secondary N) is 1. The molecule has 0 radical (unpaired) electrons. The Hall–Kier alpha value is -0.630. The first-order chi connectivity index (χ1) is 8.97. The molecule has 0 aliphatic heterocycles. The number of hydrogen-bond donors (Lipinski definition) is 1. The summed E-state index contributed by atoms with van der Waals surface area (Å²) in [5.41, 5.74) is -0.391. The third-order valence-corrected chi connectivity index (χ3v) is 3.31. The van der Waals surface area contributed by atoms with E-state index in [1.807, 2.05) is 6.92 Å². The van der Waals surface area contributed by atoms with Gasteiger partial charge in [-0.1, -0.05) is 6.92 Å². The molecule has 0 amide bonds. The van der Waals surface area contributed by atoms with E-state index in [4.69, 9.17) is 4.74 Å². The number of unbranched alkanes of at least 4 members (excludes halogenated alkanes) is 1. The first-order valence-electron chi connectivity index (χ1n) is 7.37. The maximum Gasteiger partial charge on any atom is 0.104 e. The molecular formula is C15H31N3O. The lowest BCUT2D eigenvalue weighted by atomic mass is 9.95. The molecule has 0 heterocycles. The molecule has 1 atom stereocenters. The molecule has 1 N–H and O–H groups in total. The minimum absolute atomic E-state index is 0.346. The Labute approximate surface area is 119 Å². The number of likely N-dealkylation sites (N-methyl/N-ethyl adjacent to an activating group) is 1. The Kier molecular flexibility index (Phi) is 9.85. The molecule has 0 aromatic carbocycles. The van der Waals surface area contributed by atoms with Gasteiger partial charge in [-0.3, -0.25) is 5.32 Å². The van der Waals surface area contributed by atoms with E-state index in [-0.39, 0.29) is 0 Å². The number of rotatable bonds is 11. The quantitative estimate of drug-likeness (QED) is 0.585. The van der Waals surface area contributed by atoms with Gasteiger partial charge in [-0.05, 0) is 53.1 Å². The molecule has 0 rings (SSSR count). The van der Waals surface area contributed by atoms with Crippen LogP contribution in [-0.4, -0.2) is 49.8 Å². The van der Waals surface area contributed by atoms with Crippen molar-refractivity contribution >= 4 is 0 Å². The third-order valence-electron chi connectivity index (χ3n) is 3.31. The highest BCUT2D eigenvalue weighted by Crippen LogP contribution is 2.14. The summed E-state index contributed by atoms with van der Waals surface area (Å²) in [7, 11) is 1.74. The summed E-state index contributed by atoms with van der Waals surface area (Å²) in [5.74, 6) is 0. The summed E-state index contributed by atoms with van der Waals surface area (Å²) in [4.78, 5) is 2.39. The van der Waals surface area contributed by atoms with Crippen LogP contribution in [0.2, 0.25) is 0 Å². The van der Waals surface area contributed by atoms with Crippen LogP contribution < -0.4 is 5.32 Å². The lowest BCUT2D eigenvalue weighted by Crippen LogP contribution is -2.45. The Morgan fingerprint density at radius 2 is 2.00 bits per heavy atom. The van der Waals surface area contributed by atoms with E-state index in [9.17, 15) is 5.26 Å². The van der Waals surface area contributed by atoms with E-state index in [0.717, 1.165) is 45.5 Å². The van der Waals surface area contributed by atoms with Crippen molar-refractivity contribution in [2.75, 3.05) is 33.4 Å². The second kappa shape index (κ2) is 10.2. The van der Waals surface area contributed by atoms with E-state index in [1.165, 1.54) is 0 Å². The van der Waals surface area contributed by atoms with Crippen LogP contribution in [0.5, 0.6) is 0 Å². The van der Waals surface area contributed by atoms with E-state index in [1.54, 1.807) is 7.11 Å². The topological polar surface area (TPSA) is 48.3 Å². The van der Waals surface area contributed by atoms with Gasteiger partial charge in [-0.15, -0.1) is 0 Å². The molecule has 0 aliphatic rings. The molecule has 0 aromatic rings. The third kappa shape index (κ3) is 8.99. The second-order valence-electron chi connectivity index (χ2n) is 5.63. The largest absolute Gasteiger partial charge is 0.383 e. The second-order valence-corrected chi connectivity index (χ2v) is 5.63. The zero-order chi connectivity index (χ0) is 14.7. The first kappa shape index (κ1) is 18.4. The van der Waals surface area contributed by atoms with Gasteiger partial charge in [0.1, 0.15) is 5.54 Å². The summed E-state index contributed by atoms with van der Waals surface area (Å²) in [6.45, 7) is 12.3. The zero-order valence-corrected chi connectivity index (χ0v) is 13.3. The van der Waals surface area contributed by atoms with Crippen LogP contribution in [0.4, 0.5) is 0 Å². The van der Waals surface area contributed by atoms with Crippen LogP contribution in [0.15, 0.2) is 0 Å². The predicted octanol–water partition coefficient (Wildman–Crippen LogP) is 2.41. The van der Waals surface area contributed by atoms with Crippen molar-refractivity contribution in [3.63, 3.8) is 0 Å². The van der Waals surface area contributed by atoms with Gasteiger partial charge in [0.2, 0.25) is 0 Å². The lowest BCUT2D eigenvalue weighted by Gasteiger charge is -2.26. The maximum atomic E-state index is 9.27. The Morgan fingerprint density at radius 1 is 1.32 bits per heavy atom.